The molecule has 0 saturated heterocycles. The van der Waals surface area contributed by atoms with E-state index in [2.05, 4.69) is 22.5 Å². The molecular formula is C15H16ClN3O. The summed E-state index contributed by atoms with van der Waals surface area (Å²) < 4.78 is 1.66. The summed E-state index contributed by atoms with van der Waals surface area (Å²) in [6, 6.07) is 7.96. The molecule has 1 aromatic heterocycles. The van der Waals surface area contributed by atoms with E-state index in [-0.39, 0.29) is 11.8 Å². The summed E-state index contributed by atoms with van der Waals surface area (Å²) in [5, 5.41) is 7.85. The first kappa shape index (κ1) is 13.3. The van der Waals surface area contributed by atoms with Crippen molar-refractivity contribution in [3.8, 4) is 0 Å². The molecule has 1 unspecified atom stereocenters. The normalized spacial score (nSPS) is 17.8. The second-order valence-electron chi connectivity index (χ2n) is 4.93. The molecule has 1 aliphatic heterocycles. The highest BCUT2D eigenvalue weighted by Gasteiger charge is 2.28. The number of aryl methyl sites for hydroxylation is 1. The van der Waals surface area contributed by atoms with Crippen molar-refractivity contribution in [2.45, 2.75) is 32.5 Å². The SMILES string of the molecule is CCn1ncc(Cl)c1C(=O)C1Cc2ccccc2CN1. The van der Waals surface area contributed by atoms with Crippen molar-refractivity contribution in [2.24, 2.45) is 0 Å². The maximum atomic E-state index is 12.7. The van der Waals surface area contributed by atoms with E-state index in [1.165, 1.54) is 17.3 Å². The zero-order valence-electron chi connectivity index (χ0n) is 11.3. The van der Waals surface area contributed by atoms with Crippen LogP contribution in [0.5, 0.6) is 0 Å². The predicted octanol–water partition coefficient (Wildman–Crippen LogP) is 2.45. The molecule has 4 nitrogen and oxygen atoms in total. The molecule has 0 spiro atoms. The van der Waals surface area contributed by atoms with Crippen LogP contribution in [-0.4, -0.2) is 21.6 Å². The Kier molecular flexibility index (Phi) is 3.59. The lowest BCUT2D eigenvalue weighted by Crippen LogP contribution is -2.42. The number of halogens is 1. The molecule has 0 saturated carbocycles. The van der Waals surface area contributed by atoms with Crippen LogP contribution in [0, 0.1) is 0 Å². The van der Waals surface area contributed by atoms with Crippen LogP contribution in [0.15, 0.2) is 30.5 Å². The topological polar surface area (TPSA) is 46.9 Å². The number of hydrogen-bond donors (Lipinski definition) is 1. The van der Waals surface area contributed by atoms with Crippen LogP contribution in [0.2, 0.25) is 5.02 Å². The van der Waals surface area contributed by atoms with Gasteiger partial charge in [0.2, 0.25) is 0 Å². The zero-order chi connectivity index (χ0) is 14.1. The van der Waals surface area contributed by atoms with E-state index >= 15 is 0 Å². The van der Waals surface area contributed by atoms with Crippen LogP contribution in [0.3, 0.4) is 0 Å². The first-order chi connectivity index (χ1) is 9.70. The number of rotatable bonds is 3. The average molecular weight is 290 g/mol. The highest BCUT2D eigenvalue weighted by molar-refractivity contribution is 6.33. The van der Waals surface area contributed by atoms with Gasteiger partial charge in [0.1, 0.15) is 5.69 Å². The number of carbonyl (C=O) groups excluding carboxylic acids is 1. The van der Waals surface area contributed by atoms with E-state index in [4.69, 9.17) is 11.6 Å². The Morgan fingerprint density at radius 3 is 2.95 bits per heavy atom. The number of aromatic nitrogens is 2. The quantitative estimate of drug-likeness (QED) is 0.883. The molecule has 5 heteroatoms. The molecule has 0 amide bonds. The van der Waals surface area contributed by atoms with Gasteiger partial charge in [-0.25, -0.2) is 0 Å². The summed E-state index contributed by atoms with van der Waals surface area (Å²) in [6.07, 6.45) is 2.23. The van der Waals surface area contributed by atoms with Gasteiger partial charge in [0.25, 0.3) is 0 Å². The number of nitrogens with one attached hydrogen (secondary N) is 1. The fourth-order valence-corrected chi connectivity index (χ4v) is 2.89. The lowest BCUT2D eigenvalue weighted by atomic mass is 9.93. The van der Waals surface area contributed by atoms with Gasteiger partial charge in [-0.15, -0.1) is 0 Å². The van der Waals surface area contributed by atoms with Crippen LogP contribution in [-0.2, 0) is 19.5 Å². The Morgan fingerprint density at radius 2 is 2.20 bits per heavy atom. The van der Waals surface area contributed by atoms with Gasteiger partial charge < -0.3 is 5.32 Å². The Balaban J connectivity index is 1.88. The van der Waals surface area contributed by atoms with Gasteiger partial charge in [0, 0.05) is 13.1 Å². The minimum atomic E-state index is -0.232. The third kappa shape index (κ3) is 2.25. The maximum Gasteiger partial charge on any atom is 0.199 e. The number of nitrogens with zero attached hydrogens (tertiary/aromatic N) is 2. The Labute approximate surface area is 122 Å². The van der Waals surface area contributed by atoms with Gasteiger partial charge in [0.15, 0.2) is 5.78 Å². The molecule has 3 rings (SSSR count). The molecule has 1 aromatic carbocycles. The average Bonchev–Trinajstić information content (AvgIpc) is 2.87. The molecule has 2 aromatic rings. The van der Waals surface area contributed by atoms with E-state index in [9.17, 15) is 4.79 Å². The largest absolute Gasteiger partial charge is 0.303 e. The molecule has 1 atom stereocenters. The number of Topliss-reactive ketones (excluding diaryl/α,β-unsaturated/α-hetero) is 1. The number of hydrogen-bond acceptors (Lipinski definition) is 3. The number of carbonyl (C=O) groups is 1. The highest BCUT2D eigenvalue weighted by atomic mass is 35.5. The van der Waals surface area contributed by atoms with Crippen molar-refractivity contribution in [3.63, 3.8) is 0 Å². The van der Waals surface area contributed by atoms with Gasteiger partial charge in [0.05, 0.1) is 17.3 Å². The Bertz CT molecular complexity index is 650. The molecule has 0 bridgehead atoms. The minimum absolute atomic E-state index is 0.0175. The van der Waals surface area contributed by atoms with E-state index in [1.54, 1.807) is 4.68 Å². The summed E-state index contributed by atoms with van der Waals surface area (Å²) in [7, 11) is 0. The summed E-state index contributed by atoms with van der Waals surface area (Å²) in [6.45, 7) is 3.30. The molecule has 0 fully saturated rings. The molecule has 20 heavy (non-hydrogen) atoms. The third-order valence-corrected chi connectivity index (χ3v) is 4.00. The highest BCUT2D eigenvalue weighted by Crippen LogP contribution is 2.22. The van der Waals surface area contributed by atoms with E-state index < -0.39 is 0 Å². The molecule has 2 heterocycles. The Morgan fingerprint density at radius 1 is 1.45 bits per heavy atom. The molecular weight excluding hydrogens is 274 g/mol. The number of ketones is 1. The summed E-state index contributed by atoms with van der Waals surface area (Å²) in [5.41, 5.74) is 2.99. The molecule has 0 radical (unpaired) electrons. The van der Waals surface area contributed by atoms with Gasteiger partial charge in [-0.05, 0) is 24.5 Å². The van der Waals surface area contributed by atoms with E-state index in [0.717, 1.165) is 0 Å². The minimum Gasteiger partial charge on any atom is -0.303 e. The maximum absolute atomic E-state index is 12.7. The van der Waals surface area contributed by atoms with Gasteiger partial charge in [-0.2, -0.15) is 5.10 Å². The van der Waals surface area contributed by atoms with Crippen LogP contribution in [0.25, 0.3) is 0 Å². The first-order valence-electron chi connectivity index (χ1n) is 6.76. The van der Waals surface area contributed by atoms with E-state index in [0.29, 0.717) is 30.2 Å². The fourth-order valence-electron chi connectivity index (χ4n) is 2.65. The van der Waals surface area contributed by atoms with Crippen LogP contribution >= 0.6 is 11.6 Å². The van der Waals surface area contributed by atoms with Gasteiger partial charge in [-0.3, -0.25) is 9.48 Å². The standard InChI is InChI=1S/C15H16ClN3O/c1-2-19-14(12(16)9-18-19)15(20)13-7-10-5-3-4-6-11(10)8-17-13/h3-6,9,13,17H,2,7-8H2,1H3. The van der Waals surface area contributed by atoms with Crippen molar-refractivity contribution >= 4 is 17.4 Å². The summed E-state index contributed by atoms with van der Waals surface area (Å²) in [4.78, 5) is 12.7. The molecule has 1 N–H and O–H groups in total. The van der Waals surface area contributed by atoms with Crippen molar-refractivity contribution in [3.05, 3.63) is 52.3 Å². The number of fused-ring (bicyclic) bond motifs is 1. The number of benzene rings is 1. The summed E-state index contributed by atoms with van der Waals surface area (Å²) in [5.74, 6) is 0.0175. The van der Waals surface area contributed by atoms with Gasteiger partial charge >= 0.3 is 0 Å². The lowest BCUT2D eigenvalue weighted by Gasteiger charge is -2.25. The first-order valence-corrected chi connectivity index (χ1v) is 7.14. The zero-order valence-corrected chi connectivity index (χ0v) is 12.0. The fraction of sp³-hybridized carbons (Fsp3) is 0.333. The van der Waals surface area contributed by atoms with Crippen LogP contribution < -0.4 is 5.32 Å². The van der Waals surface area contributed by atoms with Gasteiger partial charge in [-0.1, -0.05) is 35.9 Å². The van der Waals surface area contributed by atoms with Crippen LogP contribution in [0.1, 0.15) is 28.5 Å². The molecule has 0 aliphatic carbocycles. The Hall–Kier alpha value is -1.65. The monoisotopic (exact) mass is 289 g/mol. The summed E-state index contributed by atoms with van der Waals surface area (Å²) >= 11 is 6.11. The second kappa shape index (κ2) is 5.38. The lowest BCUT2D eigenvalue weighted by molar-refractivity contribution is 0.0927. The third-order valence-electron chi connectivity index (χ3n) is 3.73. The van der Waals surface area contributed by atoms with Crippen molar-refractivity contribution in [1.82, 2.24) is 15.1 Å². The second-order valence-corrected chi connectivity index (χ2v) is 5.33. The van der Waals surface area contributed by atoms with E-state index in [1.807, 2.05) is 19.1 Å². The van der Waals surface area contributed by atoms with Crippen LogP contribution in [0.4, 0.5) is 0 Å². The molecule has 1 aliphatic rings. The van der Waals surface area contributed by atoms with Crippen molar-refractivity contribution in [1.29, 1.82) is 0 Å². The predicted molar refractivity (Wildman–Crippen MR) is 78.0 cm³/mol. The smallest absolute Gasteiger partial charge is 0.199 e. The molecule has 104 valence electrons. The van der Waals surface area contributed by atoms with Crippen molar-refractivity contribution in [2.75, 3.05) is 0 Å². The van der Waals surface area contributed by atoms with Crippen molar-refractivity contribution < 1.29 is 4.79 Å².